The van der Waals surface area contributed by atoms with Gasteiger partial charge < -0.3 is 4.74 Å². The Labute approximate surface area is 119 Å². The first-order valence-corrected chi connectivity index (χ1v) is 6.10. The maximum atomic E-state index is 10.6. The van der Waals surface area contributed by atoms with Crippen molar-refractivity contribution < 1.29 is 9.53 Å². The highest BCUT2D eigenvalue weighted by atomic mass is 35.5. The molecular formula is C13H7Cl3O2. The van der Waals surface area contributed by atoms with Crippen molar-refractivity contribution in [1.29, 1.82) is 0 Å². The molecule has 0 unspecified atom stereocenters. The minimum Gasteiger partial charge on any atom is -0.456 e. The normalized spacial score (nSPS) is 10.2. The molecule has 2 aromatic carbocycles. The lowest BCUT2D eigenvalue weighted by Gasteiger charge is -2.08. The number of carbonyl (C=O) groups excluding carboxylic acids is 1. The average Bonchev–Trinajstić information content (AvgIpc) is 2.30. The zero-order chi connectivity index (χ0) is 13.1. The van der Waals surface area contributed by atoms with E-state index < -0.39 is 0 Å². The molecule has 0 N–H and O–H groups in total. The molecule has 2 rings (SSSR count). The number of hydrogen-bond acceptors (Lipinski definition) is 2. The third-order valence-electron chi connectivity index (χ3n) is 2.16. The summed E-state index contributed by atoms with van der Waals surface area (Å²) in [5.74, 6) is 0.911. The molecule has 0 heterocycles. The second kappa shape index (κ2) is 5.61. The van der Waals surface area contributed by atoms with Gasteiger partial charge in [0.2, 0.25) is 0 Å². The first-order valence-electron chi connectivity index (χ1n) is 4.97. The summed E-state index contributed by atoms with van der Waals surface area (Å²) in [5, 5.41) is 1.28. The van der Waals surface area contributed by atoms with E-state index in [1.807, 2.05) is 0 Å². The second-order valence-corrected chi connectivity index (χ2v) is 4.79. The summed E-state index contributed by atoms with van der Waals surface area (Å²) in [6.07, 6.45) is 0.714. The molecule has 0 aliphatic carbocycles. The molecule has 2 nitrogen and oxygen atoms in total. The number of benzene rings is 2. The van der Waals surface area contributed by atoms with Crippen molar-refractivity contribution >= 4 is 41.1 Å². The summed E-state index contributed by atoms with van der Waals surface area (Å²) < 4.78 is 5.55. The summed E-state index contributed by atoms with van der Waals surface area (Å²) in [6.45, 7) is 0. The molecule has 0 aliphatic heterocycles. The van der Waals surface area contributed by atoms with E-state index in [0.717, 1.165) is 0 Å². The van der Waals surface area contributed by atoms with Gasteiger partial charge in [0.15, 0.2) is 0 Å². The molecule has 0 aliphatic rings. The van der Waals surface area contributed by atoms with Crippen LogP contribution in [-0.2, 0) is 0 Å². The van der Waals surface area contributed by atoms with E-state index in [4.69, 9.17) is 39.5 Å². The van der Waals surface area contributed by atoms with Gasteiger partial charge in [-0.05, 0) is 36.4 Å². The van der Waals surface area contributed by atoms with Crippen molar-refractivity contribution in [3.63, 3.8) is 0 Å². The number of rotatable bonds is 3. The monoisotopic (exact) mass is 300 g/mol. The number of carbonyl (C=O) groups is 1. The Bertz CT molecular complexity index is 577. The number of ether oxygens (including phenoxy) is 1. The largest absolute Gasteiger partial charge is 0.456 e. The summed E-state index contributed by atoms with van der Waals surface area (Å²) in [7, 11) is 0. The summed E-state index contributed by atoms with van der Waals surface area (Å²) in [6, 6.07) is 9.60. The van der Waals surface area contributed by atoms with Crippen molar-refractivity contribution in [3.05, 3.63) is 57.0 Å². The van der Waals surface area contributed by atoms with E-state index in [-0.39, 0.29) is 0 Å². The molecule has 0 aromatic heterocycles. The van der Waals surface area contributed by atoms with Crippen LogP contribution in [0.4, 0.5) is 0 Å². The predicted octanol–water partition coefficient (Wildman–Crippen LogP) is 5.25. The molecule has 0 atom stereocenters. The summed E-state index contributed by atoms with van der Waals surface area (Å²) in [4.78, 5) is 10.6. The number of hydrogen-bond donors (Lipinski definition) is 0. The van der Waals surface area contributed by atoms with Gasteiger partial charge >= 0.3 is 0 Å². The zero-order valence-electron chi connectivity index (χ0n) is 8.99. The van der Waals surface area contributed by atoms with Gasteiger partial charge in [-0.3, -0.25) is 4.79 Å². The first-order chi connectivity index (χ1) is 8.58. The Balaban J connectivity index is 2.31. The molecule has 92 valence electrons. The average molecular weight is 302 g/mol. The van der Waals surface area contributed by atoms with Crippen LogP contribution in [0.15, 0.2) is 36.4 Å². The SMILES string of the molecule is O=Cc1ccc(Oc2cc(Cl)cc(Cl)c2)c(Cl)c1. The van der Waals surface area contributed by atoms with Crippen molar-refractivity contribution in [2.24, 2.45) is 0 Å². The van der Waals surface area contributed by atoms with Crippen LogP contribution in [0, 0.1) is 0 Å². The third kappa shape index (κ3) is 3.16. The maximum absolute atomic E-state index is 10.6. The summed E-state index contributed by atoms with van der Waals surface area (Å²) >= 11 is 17.7. The second-order valence-electron chi connectivity index (χ2n) is 3.51. The van der Waals surface area contributed by atoms with E-state index in [1.54, 1.807) is 30.3 Å². The van der Waals surface area contributed by atoms with Crippen LogP contribution in [0.1, 0.15) is 10.4 Å². The van der Waals surface area contributed by atoms with Crippen molar-refractivity contribution in [2.75, 3.05) is 0 Å². The molecule has 0 saturated carbocycles. The van der Waals surface area contributed by atoms with Crippen LogP contribution in [0.3, 0.4) is 0 Å². The molecule has 0 amide bonds. The first kappa shape index (κ1) is 13.2. The third-order valence-corrected chi connectivity index (χ3v) is 2.89. The summed E-state index contributed by atoms with van der Waals surface area (Å²) in [5.41, 5.74) is 0.483. The van der Waals surface area contributed by atoms with Crippen LogP contribution in [0.2, 0.25) is 15.1 Å². The Morgan fingerprint density at radius 1 is 0.944 bits per heavy atom. The highest BCUT2D eigenvalue weighted by molar-refractivity contribution is 6.35. The van der Waals surface area contributed by atoms with E-state index in [2.05, 4.69) is 0 Å². The predicted molar refractivity (Wildman–Crippen MR) is 73.4 cm³/mol. The Morgan fingerprint density at radius 3 is 2.17 bits per heavy atom. The van der Waals surface area contributed by atoms with Gasteiger partial charge in [-0.1, -0.05) is 34.8 Å². The van der Waals surface area contributed by atoms with E-state index in [0.29, 0.717) is 38.4 Å². The smallest absolute Gasteiger partial charge is 0.150 e. The standard InChI is InChI=1S/C13H7Cl3O2/c14-9-4-10(15)6-11(5-9)18-13-2-1-8(7-17)3-12(13)16/h1-7H. The fraction of sp³-hybridized carbons (Fsp3) is 0. The van der Waals surface area contributed by atoms with Crippen LogP contribution < -0.4 is 4.74 Å². The van der Waals surface area contributed by atoms with E-state index in [9.17, 15) is 4.79 Å². The minimum absolute atomic E-state index is 0.343. The lowest BCUT2D eigenvalue weighted by Crippen LogP contribution is -1.87. The van der Waals surface area contributed by atoms with Gasteiger partial charge in [-0.2, -0.15) is 0 Å². The molecule has 0 bridgehead atoms. The van der Waals surface area contributed by atoms with Crippen LogP contribution in [0.5, 0.6) is 11.5 Å². The molecule has 5 heteroatoms. The van der Waals surface area contributed by atoms with Gasteiger partial charge in [0.25, 0.3) is 0 Å². The molecule has 0 radical (unpaired) electrons. The van der Waals surface area contributed by atoms with Gasteiger partial charge in [0.1, 0.15) is 17.8 Å². The van der Waals surface area contributed by atoms with Gasteiger partial charge in [-0.25, -0.2) is 0 Å². The van der Waals surface area contributed by atoms with Crippen LogP contribution >= 0.6 is 34.8 Å². The van der Waals surface area contributed by atoms with Gasteiger partial charge in [0, 0.05) is 15.6 Å². The van der Waals surface area contributed by atoms with Gasteiger partial charge in [-0.15, -0.1) is 0 Å². The van der Waals surface area contributed by atoms with Crippen molar-refractivity contribution in [2.45, 2.75) is 0 Å². The van der Waals surface area contributed by atoms with Gasteiger partial charge in [0.05, 0.1) is 5.02 Å². The zero-order valence-corrected chi connectivity index (χ0v) is 11.3. The topological polar surface area (TPSA) is 26.3 Å². The van der Waals surface area contributed by atoms with E-state index in [1.165, 1.54) is 6.07 Å². The Morgan fingerprint density at radius 2 is 1.61 bits per heavy atom. The lowest BCUT2D eigenvalue weighted by molar-refractivity contribution is 0.112. The highest BCUT2D eigenvalue weighted by Crippen LogP contribution is 2.32. The number of halogens is 3. The fourth-order valence-electron chi connectivity index (χ4n) is 1.39. The maximum Gasteiger partial charge on any atom is 0.150 e. The lowest BCUT2D eigenvalue weighted by atomic mass is 10.2. The molecule has 0 saturated heterocycles. The molecule has 0 fully saturated rings. The molecular weight excluding hydrogens is 294 g/mol. The minimum atomic E-state index is 0.343. The van der Waals surface area contributed by atoms with Crippen molar-refractivity contribution in [3.8, 4) is 11.5 Å². The van der Waals surface area contributed by atoms with E-state index >= 15 is 0 Å². The number of aldehydes is 1. The Hall–Kier alpha value is -1.22. The molecule has 18 heavy (non-hydrogen) atoms. The van der Waals surface area contributed by atoms with Crippen LogP contribution in [0.25, 0.3) is 0 Å². The molecule has 2 aromatic rings. The van der Waals surface area contributed by atoms with Crippen molar-refractivity contribution in [1.82, 2.24) is 0 Å². The Kier molecular flexibility index (Phi) is 4.12. The fourth-order valence-corrected chi connectivity index (χ4v) is 2.12. The molecule has 0 spiro atoms. The highest BCUT2D eigenvalue weighted by Gasteiger charge is 2.06. The quantitative estimate of drug-likeness (QED) is 0.724. The van der Waals surface area contributed by atoms with Crippen LogP contribution in [-0.4, -0.2) is 6.29 Å².